The number of carbonyl (C=O) groups is 1. The van der Waals surface area contributed by atoms with Gasteiger partial charge in [-0.3, -0.25) is 0 Å². The monoisotopic (exact) mass is 288 g/mol. The van der Waals surface area contributed by atoms with Crippen molar-refractivity contribution in [1.82, 2.24) is 4.90 Å². The molecule has 1 heterocycles. The van der Waals surface area contributed by atoms with Crippen molar-refractivity contribution in [3.8, 4) is 0 Å². The molecule has 0 aromatic heterocycles. The zero-order chi connectivity index (χ0) is 15.2. The molecule has 0 amide bonds. The molecule has 4 nitrogen and oxygen atoms in total. The number of carboxylic acid groups (broad SMARTS) is 1. The third kappa shape index (κ3) is 4.08. The van der Waals surface area contributed by atoms with Gasteiger partial charge >= 0.3 is 5.97 Å². The normalized spacial score (nSPS) is 20.7. The van der Waals surface area contributed by atoms with E-state index in [9.17, 15) is 4.79 Å². The molecule has 1 aromatic rings. The number of para-hydroxylation sites is 1. The number of carboxylic acids is 1. The highest BCUT2D eigenvalue weighted by Crippen LogP contribution is 2.26. The molecule has 0 aliphatic carbocycles. The SMILES string of the molecule is CCC1CN(C)CCCN1c1ccccc1/C=C/C(=O)O. The molecule has 1 aliphatic rings. The number of nitrogens with zero attached hydrogens (tertiary/aromatic N) is 2. The summed E-state index contributed by atoms with van der Waals surface area (Å²) in [5, 5.41) is 8.85. The second-order valence-electron chi connectivity index (χ2n) is 5.60. The van der Waals surface area contributed by atoms with E-state index < -0.39 is 5.97 Å². The van der Waals surface area contributed by atoms with Crippen molar-refractivity contribution in [2.24, 2.45) is 0 Å². The Morgan fingerprint density at radius 2 is 2.14 bits per heavy atom. The predicted octanol–water partition coefficient (Wildman–Crippen LogP) is 2.70. The molecular formula is C17H24N2O2. The Morgan fingerprint density at radius 3 is 2.86 bits per heavy atom. The Hall–Kier alpha value is -1.81. The lowest BCUT2D eigenvalue weighted by Crippen LogP contribution is -2.40. The predicted molar refractivity (Wildman–Crippen MR) is 86.7 cm³/mol. The van der Waals surface area contributed by atoms with Gasteiger partial charge in [-0.1, -0.05) is 25.1 Å². The van der Waals surface area contributed by atoms with Crippen LogP contribution in [-0.2, 0) is 4.79 Å². The average molecular weight is 288 g/mol. The summed E-state index contributed by atoms with van der Waals surface area (Å²) in [5.74, 6) is -0.910. The highest BCUT2D eigenvalue weighted by Gasteiger charge is 2.23. The first-order valence-corrected chi connectivity index (χ1v) is 7.57. The molecule has 1 fully saturated rings. The molecule has 1 unspecified atom stereocenters. The van der Waals surface area contributed by atoms with Gasteiger partial charge in [0, 0.05) is 30.9 Å². The van der Waals surface area contributed by atoms with Gasteiger partial charge in [0.15, 0.2) is 0 Å². The summed E-state index contributed by atoms with van der Waals surface area (Å²) in [5.41, 5.74) is 2.11. The van der Waals surface area contributed by atoms with E-state index in [1.807, 2.05) is 18.2 Å². The lowest BCUT2D eigenvalue weighted by Gasteiger charge is -2.33. The Balaban J connectivity index is 2.32. The topological polar surface area (TPSA) is 43.8 Å². The lowest BCUT2D eigenvalue weighted by atomic mass is 10.1. The van der Waals surface area contributed by atoms with Crippen LogP contribution in [0.25, 0.3) is 6.08 Å². The van der Waals surface area contributed by atoms with Crippen molar-refractivity contribution in [3.63, 3.8) is 0 Å². The largest absolute Gasteiger partial charge is 0.478 e. The quantitative estimate of drug-likeness (QED) is 0.865. The van der Waals surface area contributed by atoms with Gasteiger partial charge in [0.2, 0.25) is 0 Å². The van der Waals surface area contributed by atoms with Crippen LogP contribution in [0.15, 0.2) is 30.3 Å². The molecule has 1 aliphatic heterocycles. The van der Waals surface area contributed by atoms with Crippen molar-refractivity contribution < 1.29 is 9.90 Å². The van der Waals surface area contributed by atoms with Crippen LogP contribution in [0.4, 0.5) is 5.69 Å². The van der Waals surface area contributed by atoms with E-state index in [1.54, 1.807) is 6.08 Å². The van der Waals surface area contributed by atoms with Gasteiger partial charge in [-0.05, 0) is 44.1 Å². The molecule has 1 atom stereocenters. The molecule has 0 radical (unpaired) electrons. The number of aliphatic carboxylic acids is 1. The highest BCUT2D eigenvalue weighted by atomic mass is 16.4. The summed E-state index contributed by atoms with van der Waals surface area (Å²) in [6.45, 7) is 5.39. The summed E-state index contributed by atoms with van der Waals surface area (Å²) in [6, 6.07) is 8.52. The highest BCUT2D eigenvalue weighted by molar-refractivity contribution is 5.87. The maximum Gasteiger partial charge on any atom is 0.328 e. The molecule has 21 heavy (non-hydrogen) atoms. The number of hydrogen-bond acceptors (Lipinski definition) is 3. The lowest BCUT2D eigenvalue weighted by molar-refractivity contribution is -0.131. The van der Waals surface area contributed by atoms with E-state index in [0.29, 0.717) is 6.04 Å². The van der Waals surface area contributed by atoms with E-state index in [-0.39, 0.29) is 0 Å². The van der Waals surface area contributed by atoms with Crippen molar-refractivity contribution in [2.75, 3.05) is 31.6 Å². The van der Waals surface area contributed by atoms with Gasteiger partial charge in [0.05, 0.1) is 0 Å². The minimum Gasteiger partial charge on any atom is -0.478 e. The maximum absolute atomic E-state index is 10.8. The van der Waals surface area contributed by atoms with Crippen molar-refractivity contribution in [1.29, 1.82) is 0 Å². The molecule has 0 bridgehead atoms. The Labute approximate surface area is 126 Å². The van der Waals surface area contributed by atoms with E-state index in [4.69, 9.17) is 5.11 Å². The number of anilines is 1. The van der Waals surface area contributed by atoms with Gasteiger partial charge in [0.1, 0.15) is 0 Å². The third-order valence-electron chi connectivity index (χ3n) is 4.02. The fourth-order valence-electron chi connectivity index (χ4n) is 2.96. The summed E-state index contributed by atoms with van der Waals surface area (Å²) < 4.78 is 0. The van der Waals surface area contributed by atoms with Crippen LogP contribution in [0.1, 0.15) is 25.3 Å². The molecular weight excluding hydrogens is 264 g/mol. The Morgan fingerprint density at radius 1 is 1.38 bits per heavy atom. The van der Waals surface area contributed by atoms with Gasteiger partial charge < -0.3 is 14.9 Å². The van der Waals surface area contributed by atoms with Crippen LogP contribution in [0.2, 0.25) is 0 Å². The fraction of sp³-hybridized carbons (Fsp3) is 0.471. The fourth-order valence-corrected chi connectivity index (χ4v) is 2.96. The zero-order valence-electron chi connectivity index (χ0n) is 12.8. The van der Waals surface area contributed by atoms with E-state index >= 15 is 0 Å². The van der Waals surface area contributed by atoms with Crippen LogP contribution in [0.3, 0.4) is 0 Å². The molecule has 2 rings (SSSR count). The van der Waals surface area contributed by atoms with Crippen LogP contribution < -0.4 is 4.90 Å². The number of likely N-dealkylation sites (N-methyl/N-ethyl adjacent to an activating group) is 1. The molecule has 1 N–H and O–H groups in total. The van der Waals surface area contributed by atoms with E-state index in [0.717, 1.165) is 43.7 Å². The maximum atomic E-state index is 10.8. The Bertz CT molecular complexity index is 513. The molecule has 0 saturated carbocycles. The first kappa shape index (κ1) is 15.6. The van der Waals surface area contributed by atoms with E-state index in [2.05, 4.69) is 29.8 Å². The molecule has 0 spiro atoms. The minimum absolute atomic E-state index is 0.469. The van der Waals surface area contributed by atoms with E-state index in [1.165, 1.54) is 6.08 Å². The van der Waals surface area contributed by atoms with Crippen LogP contribution >= 0.6 is 0 Å². The molecule has 1 aromatic carbocycles. The summed E-state index contributed by atoms with van der Waals surface area (Å²) in [6.07, 6.45) is 5.12. The number of benzene rings is 1. The standard InChI is InChI=1S/C17H24N2O2/c1-3-15-13-18(2)11-6-12-19(15)16-8-5-4-7-14(16)9-10-17(20)21/h4-5,7-10,15H,3,6,11-13H2,1-2H3,(H,20,21)/b10-9+. The molecule has 4 heteroatoms. The van der Waals surface area contributed by atoms with Gasteiger partial charge in [-0.2, -0.15) is 0 Å². The summed E-state index contributed by atoms with van der Waals surface area (Å²) in [4.78, 5) is 15.6. The molecule has 114 valence electrons. The average Bonchev–Trinajstić information content (AvgIpc) is 2.66. The minimum atomic E-state index is -0.910. The second-order valence-corrected chi connectivity index (χ2v) is 5.60. The first-order chi connectivity index (χ1) is 10.1. The van der Waals surface area contributed by atoms with Crippen LogP contribution in [-0.4, -0.2) is 48.7 Å². The smallest absolute Gasteiger partial charge is 0.328 e. The van der Waals surface area contributed by atoms with Crippen molar-refractivity contribution in [2.45, 2.75) is 25.8 Å². The molecule has 1 saturated heterocycles. The van der Waals surface area contributed by atoms with Crippen molar-refractivity contribution >= 4 is 17.7 Å². The van der Waals surface area contributed by atoms with Crippen LogP contribution in [0.5, 0.6) is 0 Å². The van der Waals surface area contributed by atoms with Gasteiger partial charge in [0.25, 0.3) is 0 Å². The zero-order valence-corrected chi connectivity index (χ0v) is 12.8. The van der Waals surface area contributed by atoms with Gasteiger partial charge in [-0.25, -0.2) is 4.79 Å². The van der Waals surface area contributed by atoms with Crippen molar-refractivity contribution in [3.05, 3.63) is 35.9 Å². The number of hydrogen-bond donors (Lipinski definition) is 1. The van der Waals surface area contributed by atoms with Crippen LogP contribution in [0, 0.1) is 0 Å². The van der Waals surface area contributed by atoms with Gasteiger partial charge in [-0.15, -0.1) is 0 Å². The second kappa shape index (κ2) is 7.27. The number of rotatable bonds is 4. The Kier molecular flexibility index (Phi) is 5.39. The summed E-state index contributed by atoms with van der Waals surface area (Å²) >= 11 is 0. The summed E-state index contributed by atoms with van der Waals surface area (Å²) in [7, 11) is 2.17. The first-order valence-electron chi connectivity index (χ1n) is 7.57. The third-order valence-corrected chi connectivity index (χ3v) is 4.02.